The number of likely N-dealkylation sites (tertiary alicyclic amines) is 1. The summed E-state index contributed by atoms with van der Waals surface area (Å²) >= 11 is 0. The molecule has 2 saturated heterocycles. The average molecular weight is 474 g/mol. The first-order chi connectivity index (χ1) is 16.1. The van der Waals surface area contributed by atoms with Crippen LogP contribution in [0.3, 0.4) is 0 Å². The number of nitrogens with two attached hydrogens (primary N) is 1. The number of rotatable bonds is 7. The second kappa shape index (κ2) is 9.41. The average Bonchev–Trinajstić information content (AvgIpc) is 3.41. The van der Waals surface area contributed by atoms with Crippen LogP contribution in [0.2, 0.25) is 0 Å². The van der Waals surface area contributed by atoms with Gasteiger partial charge in [0.25, 0.3) is 0 Å². The van der Waals surface area contributed by atoms with E-state index in [0.29, 0.717) is 41.9 Å². The number of nitrogens with one attached hydrogen (secondary N) is 1. The molecule has 10 heteroatoms. The highest BCUT2D eigenvalue weighted by atomic mass is 19.4. The van der Waals surface area contributed by atoms with E-state index in [1.807, 2.05) is 6.07 Å². The van der Waals surface area contributed by atoms with E-state index in [2.05, 4.69) is 15.2 Å². The molecule has 2 aliphatic rings. The Balaban J connectivity index is 1.62. The summed E-state index contributed by atoms with van der Waals surface area (Å²) in [5.41, 5.74) is 1.29. The number of benzene rings is 1. The molecule has 2 aromatic rings. The molecule has 0 spiro atoms. The zero-order chi connectivity index (χ0) is 24.6. The summed E-state index contributed by atoms with van der Waals surface area (Å²) in [5.74, 6) is 5.96. The number of nitrogens with zero attached hydrogens (tertiary/aromatic N) is 5. The maximum atomic E-state index is 14.0. The molecule has 0 amide bonds. The van der Waals surface area contributed by atoms with Crippen molar-refractivity contribution < 1.29 is 13.2 Å². The predicted molar refractivity (Wildman–Crippen MR) is 126 cm³/mol. The molecule has 2 unspecified atom stereocenters. The summed E-state index contributed by atoms with van der Waals surface area (Å²) in [5, 5.41) is 14.4. The number of alkyl halides is 3. The molecule has 0 saturated carbocycles. The van der Waals surface area contributed by atoms with Gasteiger partial charge in [-0.25, -0.2) is 10.8 Å². The molecule has 2 bridgehead atoms. The number of pyridine rings is 1. The molecule has 2 aliphatic heterocycles. The molecule has 0 aliphatic carbocycles. The fraction of sp³-hybridized carbons (Fsp3) is 0.500. The van der Waals surface area contributed by atoms with E-state index < -0.39 is 11.7 Å². The van der Waals surface area contributed by atoms with Gasteiger partial charge in [-0.2, -0.15) is 18.4 Å². The third kappa shape index (κ3) is 4.82. The zero-order valence-corrected chi connectivity index (χ0v) is 19.7. The first-order valence-electron chi connectivity index (χ1n) is 11.4. The SMILES string of the molecule is CN(C)c1c(N(C)N)cc(-c2ccc(CCCN3CC4CC3CN4)c(C(F)(F)F)c2)nc1C#N. The topological polar surface area (TPSA) is 84.5 Å². The summed E-state index contributed by atoms with van der Waals surface area (Å²) in [7, 11) is 5.12. The van der Waals surface area contributed by atoms with Gasteiger partial charge in [0, 0.05) is 51.9 Å². The van der Waals surface area contributed by atoms with Crippen LogP contribution in [0.4, 0.5) is 24.5 Å². The Morgan fingerprint density at radius 2 is 2.03 bits per heavy atom. The highest BCUT2D eigenvalue weighted by molar-refractivity contribution is 5.80. The Labute approximate surface area is 197 Å². The van der Waals surface area contributed by atoms with Crippen molar-refractivity contribution in [1.29, 1.82) is 5.26 Å². The predicted octanol–water partition coefficient (Wildman–Crippen LogP) is 2.99. The van der Waals surface area contributed by atoms with Gasteiger partial charge in [0.05, 0.1) is 22.6 Å². The third-order valence-electron chi connectivity index (χ3n) is 6.68. The van der Waals surface area contributed by atoms with Gasteiger partial charge in [-0.15, -0.1) is 0 Å². The lowest BCUT2D eigenvalue weighted by molar-refractivity contribution is -0.138. The van der Waals surface area contributed by atoms with Crippen LogP contribution in [0, 0.1) is 11.3 Å². The second-order valence-electron chi connectivity index (χ2n) is 9.30. The van der Waals surface area contributed by atoms with Gasteiger partial charge in [0.15, 0.2) is 5.69 Å². The minimum absolute atomic E-state index is 0.0989. The number of anilines is 2. The zero-order valence-electron chi connectivity index (χ0n) is 19.7. The lowest BCUT2D eigenvalue weighted by Gasteiger charge is -2.27. The van der Waals surface area contributed by atoms with Crippen LogP contribution in [0.15, 0.2) is 24.3 Å². The van der Waals surface area contributed by atoms with Crippen LogP contribution in [0.1, 0.15) is 29.7 Å². The molecule has 7 nitrogen and oxygen atoms in total. The lowest BCUT2D eigenvalue weighted by Crippen LogP contribution is -2.43. The van der Waals surface area contributed by atoms with Crippen LogP contribution in [0.25, 0.3) is 11.3 Å². The molecule has 34 heavy (non-hydrogen) atoms. The number of hydrogen-bond donors (Lipinski definition) is 2. The summed E-state index contributed by atoms with van der Waals surface area (Å²) in [4.78, 5) is 8.44. The maximum Gasteiger partial charge on any atom is 0.416 e. The molecule has 2 atom stereocenters. The van der Waals surface area contributed by atoms with E-state index in [-0.39, 0.29) is 17.0 Å². The van der Waals surface area contributed by atoms with Crippen molar-refractivity contribution in [3.63, 3.8) is 0 Å². The number of fused-ring (bicyclic) bond motifs is 2. The number of hydrogen-bond acceptors (Lipinski definition) is 7. The smallest absolute Gasteiger partial charge is 0.374 e. The first kappa shape index (κ1) is 24.3. The Morgan fingerprint density at radius 3 is 2.59 bits per heavy atom. The highest BCUT2D eigenvalue weighted by Crippen LogP contribution is 2.38. The van der Waals surface area contributed by atoms with Gasteiger partial charge in [-0.1, -0.05) is 12.1 Å². The number of aromatic nitrogens is 1. The molecular weight excluding hydrogens is 443 g/mol. The fourth-order valence-corrected chi connectivity index (χ4v) is 5.07. The van der Waals surface area contributed by atoms with Crippen molar-refractivity contribution in [3.8, 4) is 17.3 Å². The number of piperazine rings is 1. The number of nitriles is 1. The van der Waals surface area contributed by atoms with Gasteiger partial charge in [0.2, 0.25) is 0 Å². The second-order valence-corrected chi connectivity index (χ2v) is 9.30. The van der Waals surface area contributed by atoms with Gasteiger partial charge < -0.3 is 15.2 Å². The van der Waals surface area contributed by atoms with E-state index in [4.69, 9.17) is 5.84 Å². The maximum absolute atomic E-state index is 14.0. The van der Waals surface area contributed by atoms with E-state index in [0.717, 1.165) is 32.1 Å². The number of hydrazine groups is 1. The molecule has 1 aromatic carbocycles. The minimum atomic E-state index is -4.49. The normalized spacial score (nSPS) is 19.9. The van der Waals surface area contributed by atoms with Gasteiger partial charge >= 0.3 is 6.18 Å². The first-order valence-corrected chi connectivity index (χ1v) is 11.4. The molecule has 182 valence electrons. The van der Waals surface area contributed by atoms with Crippen molar-refractivity contribution in [2.75, 3.05) is 50.7 Å². The van der Waals surface area contributed by atoms with Crippen molar-refractivity contribution in [3.05, 3.63) is 41.1 Å². The van der Waals surface area contributed by atoms with Gasteiger partial charge in [-0.05, 0) is 43.5 Å². The Hall–Kier alpha value is -2.87. The van der Waals surface area contributed by atoms with E-state index in [1.54, 1.807) is 38.2 Å². The van der Waals surface area contributed by atoms with E-state index in [9.17, 15) is 18.4 Å². The van der Waals surface area contributed by atoms with Crippen molar-refractivity contribution >= 4 is 11.4 Å². The van der Waals surface area contributed by atoms with Crippen LogP contribution in [0.5, 0.6) is 0 Å². The summed E-state index contributed by atoms with van der Waals surface area (Å²) < 4.78 is 42.0. The molecule has 3 heterocycles. The van der Waals surface area contributed by atoms with Gasteiger partial charge in [0.1, 0.15) is 6.07 Å². The molecule has 2 fully saturated rings. The van der Waals surface area contributed by atoms with E-state index in [1.165, 1.54) is 11.1 Å². The summed E-state index contributed by atoms with van der Waals surface area (Å²) in [6.07, 6.45) is -2.34. The van der Waals surface area contributed by atoms with Crippen molar-refractivity contribution in [2.24, 2.45) is 5.84 Å². The molecule has 0 radical (unpaired) electrons. The van der Waals surface area contributed by atoms with Crippen LogP contribution in [-0.4, -0.2) is 62.7 Å². The Kier molecular flexibility index (Phi) is 6.71. The molecule has 3 N–H and O–H groups in total. The highest BCUT2D eigenvalue weighted by Gasteiger charge is 2.37. The largest absolute Gasteiger partial charge is 0.416 e. The number of halogens is 3. The molecular formula is C24H30F3N7. The summed E-state index contributed by atoms with van der Waals surface area (Å²) in [6, 6.07) is 9.00. The third-order valence-corrected chi connectivity index (χ3v) is 6.68. The Bertz CT molecular complexity index is 1090. The lowest BCUT2D eigenvalue weighted by atomic mass is 9.97. The number of aryl methyl sites for hydroxylation is 1. The summed E-state index contributed by atoms with van der Waals surface area (Å²) in [6.45, 7) is 2.74. The molecule has 4 rings (SSSR count). The van der Waals surface area contributed by atoms with Crippen molar-refractivity contribution in [2.45, 2.75) is 37.5 Å². The van der Waals surface area contributed by atoms with E-state index >= 15 is 0 Å². The van der Waals surface area contributed by atoms with Crippen LogP contribution in [-0.2, 0) is 12.6 Å². The van der Waals surface area contributed by atoms with Crippen LogP contribution >= 0.6 is 0 Å². The fourth-order valence-electron chi connectivity index (χ4n) is 5.07. The minimum Gasteiger partial charge on any atom is -0.374 e. The van der Waals surface area contributed by atoms with Gasteiger partial charge in [-0.3, -0.25) is 4.90 Å². The quantitative estimate of drug-likeness (QED) is 0.472. The van der Waals surface area contributed by atoms with Crippen LogP contribution < -0.4 is 21.1 Å². The van der Waals surface area contributed by atoms with Crippen molar-refractivity contribution in [1.82, 2.24) is 15.2 Å². The standard InChI is InChI=1S/C24H30F3N7/c1-32(2)23-21(12-28)31-20(11-22(23)33(3)29)16-7-6-15(19(9-16)24(25,26)27)5-4-8-34-14-17-10-18(34)13-30-17/h6-7,9,11,17-18,30H,4-5,8,10,13-14,29H2,1-3H3. The Morgan fingerprint density at radius 1 is 1.26 bits per heavy atom. The molecule has 1 aromatic heterocycles. The monoisotopic (exact) mass is 473 g/mol.